The molecular weight excluding hydrogens is 214 g/mol. The Bertz CT molecular complexity index is 406. The number of hydrogen-bond donors (Lipinski definition) is 1. The molecular formula is C14H17NS. The molecule has 1 aromatic carbocycles. The number of para-hydroxylation sites is 1. The summed E-state index contributed by atoms with van der Waals surface area (Å²) in [6, 6.07) is 15.1. The molecule has 0 aliphatic carbocycles. The van der Waals surface area contributed by atoms with E-state index in [0.717, 1.165) is 0 Å². The SMILES string of the molecule is CC(C)C(Nc1ccccc1)c1cccs1. The lowest BCUT2D eigenvalue weighted by atomic mass is 10.0. The van der Waals surface area contributed by atoms with Crippen LogP contribution in [-0.2, 0) is 0 Å². The molecule has 1 atom stereocenters. The highest BCUT2D eigenvalue weighted by molar-refractivity contribution is 7.10. The number of hydrogen-bond acceptors (Lipinski definition) is 2. The summed E-state index contributed by atoms with van der Waals surface area (Å²) < 4.78 is 0. The van der Waals surface area contributed by atoms with Crippen molar-refractivity contribution < 1.29 is 0 Å². The van der Waals surface area contributed by atoms with Gasteiger partial charge in [0, 0.05) is 10.6 Å². The van der Waals surface area contributed by atoms with E-state index in [0.29, 0.717) is 12.0 Å². The van der Waals surface area contributed by atoms with Gasteiger partial charge in [0.1, 0.15) is 0 Å². The van der Waals surface area contributed by atoms with Gasteiger partial charge in [0.05, 0.1) is 6.04 Å². The number of anilines is 1. The molecule has 0 aliphatic rings. The number of benzene rings is 1. The number of thiophene rings is 1. The Labute approximate surface area is 101 Å². The maximum Gasteiger partial charge on any atom is 0.0629 e. The summed E-state index contributed by atoms with van der Waals surface area (Å²) >= 11 is 1.82. The molecule has 1 nitrogen and oxygen atoms in total. The molecule has 0 spiro atoms. The van der Waals surface area contributed by atoms with Crippen molar-refractivity contribution in [1.29, 1.82) is 0 Å². The second kappa shape index (κ2) is 5.17. The highest BCUT2D eigenvalue weighted by Crippen LogP contribution is 2.29. The van der Waals surface area contributed by atoms with E-state index in [-0.39, 0.29) is 0 Å². The van der Waals surface area contributed by atoms with Crippen LogP contribution in [0.15, 0.2) is 47.8 Å². The van der Waals surface area contributed by atoms with Crippen molar-refractivity contribution in [3.63, 3.8) is 0 Å². The molecule has 16 heavy (non-hydrogen) atoms. The fourth-order valence-electron chi connectivity index (χ4n) is 1.75. The molecule has 1 unspecified atom stereocenters. The molecule has 0 radical (unpaired) electrons. The summed E-state index contributed by atoms with van der Waals surface area (Å²) in [5.41, 5.74) is 1.19. The lowest BCUT2D eigenvalue weighted by Crippen LogP contribution is -2.15. The van der Waals surface area contributed by atoms with E-state index < -0.39 is 0 Å². The minimum absolute atomic E-state index is 0.405. The van der Waals surface area contributed by atoms with Gasteiger partial charge in [0.15, 0.2) is 0 Å². The van der Waals surface area contributed by atoms with Crippen LogP contribution >= 0.6 is 11.3 Å². The Hall–Kier alpha value is -1.28. The zero-order chi connectivity index (χ0) is 11.4. The van der Waals surface area contributed by atoms with Gasteiger partial charge in [-0.2, -0.15) is 0 Å². The highest BCUT2D eigenvalue weighted by atomic mass is 32.1. The molecule has 0 amide bonds. The lowest BCUT2D eigenvalue weighted by molar-refractivity contribution is 0.554. The predicted octanol–water partition coefficient (Wildman–Crippen LogP) is 4.56. The van der Waals surface area contributed by atoms with Crippen LogP contribution in [0, 0.1) is 5.92 Å². The number of nitrogens with one attached hydrogen (secondary N) is 1. The number of rotatable bonds is 4. The van der Waals surface area contributed by atoms with Crippen LogP contribution in [0.5, 0.6) is 0 Å². The Morgan fingerprint density at radius 3 is 2.31 bits per heavy atom. The van der Waals surface area contributed by atoms with Crippen molar-refractivity contribution in [2.45, 2.75) is 19.9 Å². The van der Waals surface area contributed by atoms with Crippen molar-refractivity contribution in [3.05, 3.63) is 52.7 Å². The maximum atomic E-state index is 3.59. The zero-order valence-corrected chi connectivity index (χ0v) is 10.5. The van der Waals surface area contributed by atoms with Crippen molar-refractivity contribution >= 4 is 17.0 Å². The third-order valence-corrected chi connectivity index (χ3v) is 3.57. The van der Waals surface area contributed by atoms with Crippen LogP contribution in [0.2, 0.25) is 0 Å². The topological polar surface area (TPSA) is 12.0 Å². The minimum Gasteiger partial charge on any atom is -0.377 e. The first-order chi connectivity index (χ1) is 7.77. The summed E-state index contributed by atoms with van der Waals surface area (Å²) in [4.78, 5) is 1.40. The first-order valence-corrected chi connectivity index (χ1v) is 6.50. The Morgan fingerprint density at radius 2 is 1.75 bits per heavy atom. The summed E-state index contributed by atoms with van der Waals surface area (Å²) in [6.45, 7) is 4.50. The van der Waals surface area contributed by atoms with Gasteiger partial charge in [0.25, 0.3) is 0 Å². The van der Waals surface area contributed by atoms with E-state index in [1.165, 1.54) is 10.6 Å². The molecule has 2 heteroatoms. The molecule has 1 heterocycles. The van der Waals surface area contributed by atoms with Gasteiger partial charge < -0.3 is 5.32 Å². The summed E-state index contributed by atoms with van der Waals surface area (Å²) in [5.74, 6) is 0.582. The van der Waals surface area contributed by atoms with Crippen LogP contribution in [0.25, 0.3) is 0 Å². The lowest BCUT2D eigenvalue weighted by Gasteiger charge is -2.22. The Kier molecular flexibility index (Phi) is 3.62. The fourth-order valence-corrected chi connectivity index (χ4v) is 2.70. The first-order valence-electron chi connectivity index (χ1n) is 5.62. The molecule has 84 valence electrons. The molecule has 0 saturated heterocycles. The van der Waals surface area contributed by atoms with Gasteiger partial charge in [0.2, 0.25) is 0 Å². The maximum absolute atomic E-state index is 3.59. The van der Waals surface area contributed by atoms with Gasteiger partial charge in [-0.05, 0) is 29.5 Å². The average Bonchev–Trinajstić information content (AvgIpc) is 2.80. The summed E-state index contributed by atoms with van der Waals surface area (Å²) in [7, 11) is 0. The first kappa shape index (κ1) is 11.2. The minimum atomic E-state index is 0.405. The fraction of sp³-hybridized carbons (Fsp3) is 0.286. The quantitative estimate of drug-likeness (QED) is 0.813. The second-order valence-corrected chi connectivity index (χ2v) is 5.23. The summed E-state index contributed by atoms with van der Waals surface area (Å²) in [5, 5.41) is 5.73. The average molecular weight is 231 g/mol. The monoisotopic (exact) mass is 231 g/mol. The molecule has 0 bridgehead atoms. The molecule has 2 aromatic rings. The normalized spacial score (nSPS) is 12.7. The van der Waals surface area contributed by atoms with Crippen LogP contribution in [0.3, 0.4) is 0 Å². The van der Waals surface area contributed by atoms with Gasteiger partial charge >= 0.3 is 0 Å². The van der Waals surface area contributed by atoms with E-state index in [4.69, 9.17) is 0 Å². The third-order valence-electron chi connectivity index (χ3n) is 2.61. The highest BCUT2D eigenvalue weighted by Gasteiger charge is 2.16. The van der Waals surface area contributed by atoms with Gasteiger partial charge in [-0.25, -0.2) is 0 Å². The molecule has 1 aromatic heterocycles. The second-order valence-electron chi connectivity index (χ2n) is 4.25. The Balaban J connectivity index is 2.16. The van der Waals surface area contributed by atoms with Crippen LogP contribution in [0.4, 0.5) is 5.69 Å². The Morgan fingerprint density at radius 1 is 1.00 bits per heavy atom. The van der Waals surface area contributed by atoms with E-state index in [1.54, 1.807) is 0 Å². The molecule has 0 saturated carbocycles. The summed E-state index contributed by atoms with van der Waals surface area (Å²) in [6.07, 6.45) is 0. The van der Waals surface area contributed by atoms with Crippen molar-refractivity contribution in [2.75, 3.05) is 5.32 Å². The standard InChI is InChI=1S/C14H17NS/c1-11(2)14(13-9-6-10-16-13)15-12-7-4-3-5-8-12/h3-11,14-15H,1-2H3. The van der Waals surface area contributed by atoms with Gasteiger partial charge in [-0.3, -0.25) is 0 Å². The van der Waals surface area contributed by atoms with Gasteiger partial charge in [-0.15, -0.1) is 11.3 Å². The smallest absolute Gasteiger partial charge is 0.0629 e. The molecule has 1 N–H and O–H groups in total. The van der Waals surface area contributed by atoms with Crippen LogP contribution < -0.4 is 5.32 Å². The molecule has 2 rings (SSSR count). The predicted molar refractivity (Wildman–Crippen MR) is 72.0 cm³/mol. The van der Waals surface area contributed by atoms with E-state index >= 15 is 0 Å². The molecule has 0 aliphatic heterocycles. The van der Waals surface area contributed by atoms with E-state index in [9.17, 15) is 0 Å². The zero-order valence-electron chi connectivity index (χ0n) is 9.68. The van der Waals surface area contributed by atoms with Crippen molar-refractivity contribution in [3.8, 4) is 0 Å². The van der Waals surface area contributed by atoms with E-state index in [1.807, 2.05) is 17.4 Å². The van der Waals surface area contributed by atoms with Crippen molar-refractivity contribution in [1.82, 2.24) is 0 Å². The molecule has 0 fully saturated rings. The largest absolute Gasteiger partial charge is 0.377 e. The van der Waals surface area contributed by atoms with Crippen LogP contribution in [0.1, 0.15) is 24.8 Å². The van der Waals surface area contributed by atoms with Crippen LogP contribution in [-0.4, -0.2) is 0 Å². The third kappa shape index (κ3) is 2.64. The van der Waals surface area contributed by atoms with E-state index in [2.05, 4.69) is 60.9 Å². The van der Waals surface area contributed by atoms with Gasteiger partial charge in [-0.1, -0.05) is 38.1 Å². The van der Waals surface area contributed by atoms with Crippen molar-refractivity contribution in [2.24, 2.45) is 5.92 Å².